The van der Waals surface area contributed by atoms with Gasteiger partial charge in [-0.1, -0.05) is 42.5 Å². The van der Waals surface area contributed by atoms with Gasteiger partial charge in [-0.3, -0.25) is 0 Å². The van der Waals surface area contributed by atoms with Gasteiger partial charge >= 0.3 is 0 Å². The molecule has 0 aliphatic carbocycles. The quantitative estimate of drug-likeness (QED) is 0.729. The van der Waals surface area contributed by atoms with Crippen LogP contribution < -0.4 is 0 Å². The normalized spacial score (nSPS) is 10.9. The second kappa shape index (κ2) is 4.03. The number of hydrogen-bond acceptors (Lipinski definition) is 3. The van der Waals surface area contributed by atoms with E-state index in [0.29, 0.717) is 11.5 Å². The summed E-state index contributed by atoms with van der Waals surface area (Å²) in [5.74, 6) is 0.643. The van der Waals surface area contributed by atoms with Crippen molar-refractivity contribution in [3.05, 3.63) is 54.6 Å². The van der Waals surface area contributed by atoms with E-state index in [1.165, 1.54) is 6.39 Å². The van der Waals surface area contributed by atoms with Crippen molar-refractivity contribution < 1.29 is 9.52 Å². The van der Waals surface area contributed by atoms with E-state index in [9.17, 15) is 5.11 Å². The molecule has 1 aromatic heterocycles. The van der Waals surface area contributed by atoms with Crippen LogP contribution in [0.5, 0.6) is 0 Å². The van der Waals surface area contributed by atoms with Crippen LogP contribution in [0.1, 0.15) is 5.69 Å². The molecule has 0 aliphatic heterocycles. The van der Waals surface area contributed by atoms with E-state index in [1.54, 1.807) is 0 Å². The largest absolute Gasteiger partial charge is 0.443 e. The molecule has 3 rings (SSSR count). The third-order valence-corrected chi connectivity index (χ3v) is 2.83. The van der Waals surface area contributed by atoms with Crippen molar-refractivity contribution in [2.75, 3.05) is 0 Å². The summed E-state index contributed by atoms with van der Waals surface area (Å²) in [5.41, 5.74) is 1.53. The van der Waals surface area contributed by atoms with Gasteiger partial charge in [-0.25, -0.2) is 4.98 Å². The molecule has 0 saturated heterocycles. The fourth-order valence-electron chi connectivity index (χ4n) is 2.02. The van der Waals surface area contributed by atoms with Crippen molar-refractivity contribution in [2.45, 2.75) is 6.61 Å². The number of benzene rings is 2. The van der Waals surface area contributed by atoms with Crippen LogP contribution >= 0.6 is 0 Å². The van der Waals surface area contributed by atoms with Crippen molar-refractivity contribution in [2.24, 2.45) is 0 Å². The molecule has 3 aromatic rings. The lowest BCUT2D eigenvalue weighted by Crippen LogP contribution is -1.87. The maximum absolute atomic E-state index is 9.22. The SMILES string of the molecule is OCc1ncoc1-c1cccc2ccccc12. The van der Waals surface area contributed by atoms with Crippen molar-refractivity contribution >= 4 is 10.8 Å². The zero-order valence-electron chi connectivity index (χ0n) is 9.13. The molecule has 0 spiro atoms. The van der Waals surface area contributed by atoms with E-state index in [0.717, 1.165) is 16.3 Å². The van der Waals surface area contributed by atoms with E-state index in [-0.39, 0.29) is 6.61 Å². The summed E-state index contributed by atoms with van der Waals surface area (Å²) in [6, 6.07) is 14.1. The molecule has 0 amide bonds. The zero-order chi connectivity index (χ0) is 11.7. The maximum atomic E-state index is 9.22. The summed E-state index contributed by atoms with van der Waals surface area (Å²) in [7, 11) is 0. The van der Waals surface area contributed by atoms with Gasteiger partial charge in [0, 0.05) is 5.56 Å². The molecule has 3 heteroatoms. The number of aliphatic hydroxyl groups is 1. The Balaban J connectivity index is 2.31. The Morgan fingerprint density at radius 1 is 1.06 bits per heavy atom. The average molecular weight is 225 g/mol. The Morgan fingerprint density at radius 3 is 2.76 bits per heavy atom. The highest BCUT2D eigenvalue weighted by atomic mass is 16.3. The minimum Gasteiger partial charge on any atom is -0.443 e. The number of aliphatic hydroxyl groups excluding tert-OH is 1. The lowest BCUT2D eigenvalue weighted by molar-refractivity contribution is 0.277. The topological polar surface area (TPSA) is 46.3 Å². The molecule has 3 nitrogen and oxygen atoms in total. The van der Waals surface area contributed by atoms with Crippen LogP contribution in [0, 0.1) is 0 Å². The molecule has 1 N–H and O–H groups in total. The summed E-state index contributed by atoms with van der Waals surface area (Å²) in [5, 5.41) is 11.5. The number of oxazole rings is 1. The second-order valence-corrected chi connectivity index (χ2v) is 3.81. The van der Waals surface area contributed by atoms with Crippen molar-refractivity contribution in [1.82, 2.24) is 4.98 Å². The van der Waals surface area contributed by atoms with Gasteiger partial charge in [-0.2, -0.15) is 0 Å². The average Bonchev–Trinajstić information content (AvgIpc) is 2.86. The monoisotopic (exact) mass is 225 g/mol. The van der Waals surface area contributed by atoms with Crippen LogP contribution in [0.4, 0.5) is 0 Å². The standard InChI is InChI=1S/C14H11NO2/c16-8-13-14(17-9-15-13)12-7-3-5-10-4-1-2-6-11(10)12/h1-7,9,16H,8H2. The molecule has 0 aliphatic rings. The van der Waals surface area contributed by atoms with Gasteiger partial charge in [0.1, 0.15) is 5.69 Å². The van der Waals surface area contributed by atoms with E-state index in [4.69, 9.17) is 4.42 Å². The molecule has 0 fully saturated rings. The van der Waals surface area contributed by atoms with Gasteiger partial charge in [0.05, 0.1) is 6.61 Å². The van der Waals surface area contributed by atoms with E-state index >= 15 is 0 Å². The Morgan fingerprint density at radius 2 is 1.88 bits per heavy atom. The van der Waals surface area contributed by atoms with E-state index < -0.39 is 0 Å². The molecular formula is C14H11NO2. The van der Waals surface area contributed by atoms with Crippen LogP contribution in [0.3, 0.4) is 0 Å². The summed E-state index contributed by atoms with van der Waals surface area (Å²) in [6.07, 6.45) is 1.36. The second-order valence-electron chi connectivity index (χ2n) is 3.81. The Labute approximate surface area is 98.3 Å². The first-order chi connectivity index (χ1) is 8.40. The summed E-state index contributed by atoms with van der Waals surface area (Å²) in [6.45, 7) is -0.116. The number of aromatic nitrogens is 1. The number of hydrogen-bond donors (Lipinski definition) is 1. The summed E-state index contributed by atoms with van der Waals surface area (Å²) < 4.78 is 5.38. The minimum atomic E-state index is -0.116. The van der Waals surface area contributed by atoms with E-state index in [2.05, 4.69) is 4.98 Å². The Hall–Kier alpha value is -2.13. The van der Waals surface area contributed by atoms with Gasteiger partial charge in [-0.15, -0.1) is 0 Å². The van der Waals surface area contributed by atoms with Crippen LogP contribution in [0.15, 0.2) is 53.3 Å². The lowest BCUT2D eigenvalue weighted by atomic mass is 10.0. The molecule has 0 radical (unpaired) electrons. The molecule has 84 valence electrons. The molecule has 0 saturated carbocycles. The smallest absolute Gasteiger partial charge is 0.181 e. The zero-order valence-corrected chi connectivity index (χ0v) is 9.13. The lowest BCUT2D eigenvalue weighted by Gasteiger charge is -2.04. The van der Waals surface area contributed by atoms with Gasteiger partial charge in [0.15, 0.2) is 12.2 Å². The van der Waals surface area contributed by atoms with Crippen LogP contribution in [-0.2, 0) is 6.61 Å². The van der Waals surface area contributed by atoms with Gasteiger partial charge in [0.25, 0.3) is 0 Å². The Kier molecular flexibility index (Phi) is 2.38. The van der Waals surface area contributed by atoms with Crippen LogP contribution in [-0.4, -0.2) is 10.1 Å². The predicted molar refractivity (Wildman–Crippen MR) is 65.4 cm³/mol. The highest BCUT2D eigenvalue weighted by molar-refractivity contribution is 5.95. The van der Waals surface area contributed by atoms with Crippen molar-refractivity contribution in [3.63, 3.8) is 0 Å². The first-order valence-corrected chi connectivity index (χ1v) is 5.41. The third kappa shape index (κ3) is 1.61. The number of rotatable bonds is 2. The predicted octanol–water partition coefficient (Wildman–Crippen LogP) is 2.99. The molecule has 0 atom stereocenters. The van der Waals surface area contributed by atoms with Gasteiger partial charge in [0.2, 0.25) is 0 Å². The first-order valence-electron chi connectivity index (χ1n) is 5.41. The van der Waals surface area contributed by atoms with Crippen LogP contribution in [0.25, 0.3) is 22.1 Å². The van der Waals surface area contributed by atoms with Crippen molar-refractivity contribution in [3.8, 4) is 11.3 Å². The summed E-state index contributed by atoms with van der Waals surface area (Å²) >= 11 is 0. The fraction of sp³-hybridized carbons (Fsp3) is 0.0714. The number of fused-ring (bicyclic) bond motifs is 1. The number of nitrogens with zero attached hydrogens (tertiary/aromatic N) is 1. The Bertz CT molecular complexity index is 653. The highest BCUT2D eigenvalue weighted by Crippen LogP contribution is 2.30. The molecular weight excluding hydrogens is 214 g/mol. The van der Waals surface area contributed by atoms with E-state index in [1.807, 2.05) is 42.5 Å². The molecule has 0 bridgehead atoms. The third-order valence-electron chi connectivity index (χ3n) is 2.83. The first kappa shape index (κ1) is 10.1. The highest BCUT2D eigenvalue weighted by Gasteiger charge is 2.12. The molecule has 0 unspecified atom stereocenters. The van der Waals surface area contributed by atoms with Crippen LogP contribution in [0.2, 0.25) is 0 Å². The fourth-order valence-corrected chi connectivity index (χ4v) is 2.02. The molecule has 1 heterocycles. The molecule has 17 heavy (non-hydrogen) atoms. The van der Waals surface area contributed by atoms with Gasteiger partial charge < -0.3 is 9.52 Å². The van der Waals surface area contributed by atoms with Crippen molar-refractivity contribution in [1.29, 1.82) is 0 Å². The summed E-state index contributed by atoms with van der Waals surface area (Å²) in [4.78, 5) is 4.00. The van der Waals surface area contributed by atoms with Gasteiger partial charge in [-0.05, 0) is 10.8 Å². The minimum absolute atomic E-state index is 0.116. The maximum Gasteiger partial charge on any atom is 0.181 e. The molecule has 2 aromatic carbocycles.